The molecule has 0 spiro atoms. The van der Waals surface area contributed by atoms with E-state index in [0.717, 1.165) is 28.5 Å². The van der Waals surface area contributed by atoms with Gasteiger partial charge in [-0.1, -0.05) is 0 Å². The third-order valence-electron chi connectivity index (χ3n) is 5.05. The van der Waals surface area contributed by atoms with Crippen LogP contribution in [0.1, 0.15) is 24.1 Å². The smallest absolute Gasteiger partial charge is 0.215 e. The average Bonchev–Trinajstić information content (AvgIpc) is 3.27. The first-order valence-electron chi connectivity index (χ1n) is 9.77. The van der Waals surface area contributed by atoms with Crippen LogP contribution in [-0.4, -0.2) is 45.6 Å². The first-order valence-corrected chi connectivity index (χ1v) is 9.77. The summed E-state index contributed by atoms with van der Waals surface area (Å²) < 4.78 is 22.1. The van der Waals surface area contributed by atoms with E-state index in [1.807, 2.05) is 48.3 Å². The van der Waals surface area contributed by atoms with Crippen molar-refractivity contribution in [3.05, 3.63) is 53.6 Å². The van der Waals surface area contributed by atoms with Crippen LogP contribution in [0.5, 0.6) is 23.0 Å². The van der Waals surface area contributed by atoms with E-state index in [0.29, 0.717) is 30.5 Å². The summed E-state index contributed by atoms with van der Waals surface area (Å²) in [5.41, 5.74) is 6.30. The van der Waals surface area contributed by atoms with Crippen LogP contribution in [0.4, 0.5) is 0 Å². The monoisotopic (exact) mass is 410 g/mol. The number of nitrogens with one attached hydrogen (secondary N) is 2. The number of guanidine groups is 1. The zero-order valence-corrected chi connectivity index (χ0v) is 17.6. The van der Waals surface area contributed by atoms with Crippen LogP contribution in [0.3, 0.4) is 0 Å². The molecule has 2 aliphatic heterocycles. The van der Waals surface area contributed by atoms with Crippen LogP contribution in [0.2, 0.25) is 0 Å². The van der Waals surface area contributed by atoms with Crippen LogP contribution in [0.25, 0.3) is 5.70 Å². The Morgan fingerprint density at radius 1 is 1.03 bits per heavy atom. The third-order valence-corrected chi connectivity index (χ3v) is 5.05. The zero-order valence-electron chi connectivity index (χ0n) is 17.6. The molecule has 2 aromatic carbocycles. The highest BCUT2D eigenvalue weighted by molar-refractivity contribution is 5.92. The predicted octanol–water partition coefficient (Wildman–Crippen LogP) is 2.93. The van der Waals surface area contributed by atoms with Crippen molar-refractivity contribution in [1.82, 2.24) is 15.8 Å². The molecule has 2 N–H and O–H groups in total. The van der Waals surface area contributed by atoms with Gasteiger partial charge in [-0.2, -0.15) is 0 Å². The summed E-state index contributed by atoms with van der Waals surface area (Å²) in [6.07, 6.45) is 2.15. The summed E-state index contributed by atoms with van der Waals surface area (Å²) in [4.78, 5) is 4.54. The Morgan fingerprint density at radius 2 is 1.73 bits per heavy atom. The maximum absolute atomic E-state index is 5.56. The lowest BCUT2D eigenvalue weighted by Crippen LogP contribution is -2.48. The highest BCUT2D eigenvalue weighted by atomic mass is 16.5. The highest BCUT2D eigenvalue weighted by Gasteiger charge is 2.32. The second-order valence-corrected chi connectivity index (χ2v) is 6.73. The quantitative estimate of drug-likeness (QED) is 0.727. The topological polar surface area (TPSA) is 76.6 Å². The van der Waals surface area contributed by atoms with Gasteiger partial charge in [-0.3, -0.25) is 5.01 Å². The molecular weight excluding hydrogens is 384 g/mol. The molecule has 158 valence electrons. The van der Waals surface area contributed by atoms with Crippen LogP contribution >= 0.6 is 0 Å². The molecule has 0 fully saturated rings. The molecule has 30 heavy (non-hydrogen) atoms. The second-order valence-electron chi connectivity index (χ2n) is 6.73. The fraction of sp³-hybridized carbons (Fsp3) is 0.318. The summed E-state index contributed by atoms with van der Waals surface area (Å²) in [6.45, 7) is 3.12. The first-order chi connectivity index (χ1) is 14.7. The van der Waals surface area contributed by atoms with E-state index in [2.05, 4.69) is 21.8 Å². The summed E-state index contributed by atoms with van der Waals surface area (Å²) in [5, 5.41) is 5.41. The summed E-state index contributed by atoms with van der Waals surface area (Å²) in [7, 11) is 4.83. The number of benzene rings is 2. The van der Waals surface area contributed by atoms with Gasteiger partial charge in [-0.15, -0.1) is 0 Å². The molecule has 2 aromatic rings. The van der Waals surface area contributed by atoms with E-state index in [1.54, 1.807) is 21.3 Å². The lowest BCUT2D eigenvalue weighted by molar-refractivity contribution is 0.280. The van der Waals surface area contributed by atoms with Crippen molar-refractivity contribution in [3.8, 4) is 23.0 Å². The van der Waals surface area contributed by atoms with E-state index in [4.69, 9.17) is 18.9 Å². The molecule has 0 saturated heterocycles. The van der Waals surface area contributed by atoms with Gasteiger partial charge < -0.3 is 24.3 Å². The summed E-state index contributed by atoms with van der Waals surface area (Å²) >= 11 is 0. The number of hydrogen-bond acceptors (Lipinski definition) is 8. The number of nitrogens with zero attached hydrogens (tertiary/aromatic N) is 2. The molecular formula is C22H26N4O4. The van der Waals surface area contributed by atoms with Crippen molar-refractivity contribution in [2.45, 2.75) is 13.0 Å². The number of hydrogen-bond donors (Lipinski definition) is 2. The van der Waals surface area contributed by atoms with E-state index in [9.17, 15) is 0 Å². The van der Waals surface area contributed by atoms with Crippen molar-refractivity contribution >= 4 is 11.7 Å². The van der Waals surface area contributed by atoms with Gasteiger partial charge in [0.1, 0.15) is 12.4 Å². The molecule has 4 rings (SSSR count). The molecule has 0 aromatic heterocycles. The number of fused-ring (bicyclic) bond motifs is 1. The minimum atomic E-state index is -0.122. The minimum absolute atomic E-state index is 0.122. The lowest BCUT2D eigenvalue weighted by Gasteiger charge is -2.34. The molecule has 8 heteroatoms. The van der Waals surface area contributed by atoms with Gasteiger partial charge in [0.05, 0.1) is 34.0 Å². The van der Waals surface area contributed by atoms with Crippen LogP contribution in [-0.2, 0) is 0 Å². The van der Waals surface area contributed by atoms with Crippen molar-refractivity contribution in [3.63, 3.8) is 0 Å². The minimum Gasteiger partial charge on any atom is -0.494 e. The van der Waals surface area contributed by atoms with Gasteiger partial charge in [0.25, 0.3) is 0 Å². The second kappa shape index (κ2) is 8.54. The van der Waals surface area contributed by atoms with Crippen molar-refractivity contribution in [2.75, 3.05) is 34.6 Å². The Morgan fingerprint density at radius 3 is 2.33 bits per heavy atom. The van der Waals surface area contributed by atoms with Crippen molar-refractivity contribution in [1.29, 1.82) is 0 Å². The van der Waals surface area contributed by atoms with Crippen LogP contribution in [0.15, 0.2) is 47.5 Å². The molecule has 0 amide bonds. The first kappa shape index (κ1) is 19.9. The number of methoxy groups -OCH3 is 3. The molecule has 0 aliphatic carbocycles. The maximum Gasteiger partial charge on any atom is 0.215 e. The predicted molar refractivity (Wildman–Crippen MR) is 115 cm³/mol. The molecule has 0 saturated carbocycles. The fourth-order valence-corrected chi connectivity index (χ4v) is 3.65. The number of ether oxygens (including phenoxy) is 4. The SMILES string of the molecule is CCOc1ccc(C2=CC(c3cc(OC)c(OC)c(OC)c3)N3NCN=C3N2)cc1. The van der Waals surface area contributed by atoms with E-state index in [-0.39, 0.29) is 6.04 Å². The van der Waals surface area contributed by atoms with E-state index < -0.39 is 0 Å². The number of aliphatic imine (C=N–C) groups is 1. The standard InChI is InChI=1S/C22H26N4O4/c1-5-30-16-8-6-14(7-9-16)17-12-18(26-22(25-17)23-13-24-26)15-10-19(27-2)21(29-4)20(11-15)28-3/h6-12,18,24H,5,13H2,1-4H3,(H,23,25). The van der Waals surface area contributed by atoms with Gasteiger partial charge >= 0.3 is 0 Å². The normalized spacial score (nSPS) is 17.5. The average molecular weight is 410 g/mol. The molecule has 0 radical (unpaired) electrons. The van der Waals surface area contributed by atoms with Crippen molar-refractivity contribution in [2.24, 2.45) is 4.99 Å². The molecule has 1 unspecified atom stereocenters. The maximum atomic E-state index is 5.56. The van der Waals surface area contributed by atoms with Gasteiger partial charge in [0.2, 0.25) is 11.7 Å². The Balaban J connectivity index is 1.76. The summed E-state index contributed by atoms with van der Waals surface area (Å²) in [6, 6.07) is 11.8. The summed E-state index contributed by atoms with van der Waals surface area (Å²) in [5.74, 6) is 3.40. The van der Waals surface area contributed by atoms with E-state index in [1.165, 1.54) is 0 Å². The van der Waals surface area contributed by atoms with Crippen molar-refractivity contribution < 1.29 is 18.9 Å². The van der Waals surface area contributed by atoms with Gasteiger partial charge in [0.15, 0.2) is 11.5 Å². The van der Waals surface area contributed by atoms with Gasteiger partial charge in [0, 0.05) is 5.70 Å². The Kier molecular flexibility index (Phi) is 5.67. The van der Waals surface area contributed by atoms with Crippen LogP contribution < -0.4 is 29.7 Å². The highest BCUT2D eigenvalue weighted by Crippen LogP contribution is 2.42. The largest absolute Gasteiger partial charge is 0.494 e. The molecule has 2 aliphatic rings. The Labute approximate surface area is 176 Å². The Hall–Kier alpha value is -3.39. The molecule has 1 atom stereocenters. The third kappa shape index (κ3) is 3.61. The number of rotatable bonds is 7. The molecule has 2 heterocycles. The van der Waals surface area contributed by atoms with Gasteiger partial charge in [-0.25, -0.2) is 10.4 Å². The number of hydrazine groups is 1. The lowest BCUT2D eigenvalue weighted by atomic mass is 10.00. The fourth-order valence-electron chi connectivity index (χ4n) is 3.65. The van der Waals surface area contributed by atoms with Crippen LogP contribution in [0, 0.1) is 0 Å². The van der Waals surface area contributed by atoms with E-state index >= 15 is 0 Å². The van der Waals surface area contributed by atoms with Gasteiger partial charge in [-0.05, 0) is 60.5 Å². The Bertz CT molecular complexity index is 947. The molecule has 8 nitrogen and oxygen atoms in total. The molecule has 0 bridgehead atoms. The zero-order chi connectivity index (χ0) is 21.1.